The van der Waals surface area contributed by atoms with Crippen LogP contribution in [0.5, 0.6) is 0 Å². The van der Waals surface area contributed by atoms with Crippen LogP contribution >= 0.6 is 0 Å². The van der Waals surface area contributed by atoms with Crippen LogP contribution in [-0.4, -0.2) is 21.6 Å². The summed E-state index contributed by atoms with van der Waals surface area (Å²) in [6, 6.07) is 11.0. The third-order valence-electron chi connectivity index (χ3n) is 5.03. The van der Waals surface area contributed by atoms with Gasteiger partial charge in [-0.2, -0.15) is 0 Å². The summed E-state index contributed by atoms with van der Waals surface area (Å²) in [5.41, 5.74) is 1.43. The molecule has 0 saturated heterocycles. The maximum Gasteiger partial charge on any atom is 0.305 e. The van der Waals surface area contributed by atoms with E-state index in [-0.39, 0.29) is 29.2 Å². The summed E-state index contributed by atoms with van der Waals surface area (Å²) >= 11 is 0. The fourth-order valence-corrected chi connectivity index (χ4v) is 3.41. The average Bonchev–Trinajstić information content (AvgIpc) is 2.65. The smallest absolute Gasteiger partial charge is 0.305 e. The normalized spacial score (nSPS) is 13.7. The molecule has 0 spiro atoms. The first-order valence-electron chi connectivity index (χ1n) is 10.3. The predicted molar refractivity (Wildman–Crippen MR) is 117 cm³/mol. The van der Waals surface area contributed by atoms with Crippen molar-refractivity contribution in [2.24, 2.45) is 5.92 Å². The third kappa shape index (κ3) is 6.31. The molecule has 0 saturated carbocycles. The number of carbonyl (C=O) groups is 2. The van der Waals surface area contributed by atoms with Gasteiger partial charge in [-0.3, -0.25) is 14.4 Å². The third-order valence-corrected chi connectivity index (χ3v) is 5.03. The molecule has 0 radical (unpaired) electrons. The van der Waals surface area contributed by atoms with Crippen LogP contribution in [0.4, 0.5) is 0 Å². The molecule has 1 amide bonds. The largest absolute Gasteiger partial charge is 0.481 e. The summed E-state index contributed by atoms with van der Waals surface area (Å²) < 4.78 is 1.42. The van der Waals surface area contributed by atoms with Crippen LogP contribution in [0, 0.1) is 5.92 Å². The molecule has 1 aromatic heterocycles. The molecular formula is C24H32N2O4. The van der Waals surface area contributed by atoms with Gasteiger partial charge in [0.25, 0.3) is 5.56 Å². The number of hydrogen-bond acceptors (Lipinski definition) is 3. The second-order valence-corrected chi connectivity index (χ2v) is 9.13. The summed E-state index contributed by atoms with van der Waals surface area (Å²) in [5.74, 6) is -1.18. The molecule has 162 valence electrons. The maximum atomic E-state index is 13.2. The van der Waals surface area contributed by atoms with Gasteiger partial charge in [0.1, 0.15) is 6.04 Å². The first-order chi connectivity index (χ1) is 14.0. The van der Waals surface area contributed by atoms with E-state index in [1.807, 2.05) is 38.1 Å². The molecule has 0 bridgehead atoms. The van der Waals surface area contributed by atoms with Crippen LogP contribution < -0.4 is 10.9 Å². The number of nitrogens with one attached hydrogen (secondary N) is 1. The molecule has 6 nitrogen and oxygen atoms in total. The van der Waals surface area contributed by atoms with Crippen LogP contribution in [0.3, 0.4) is 0 Å². The molecule has 1 heterocycles. The minimum absolute atomic E-state index is 0.106. The van der Waals surface area contributed by atoms with Crippen LogP contribution in [0.15, 0.2) is 53.5 Å². The zero-order valence-electron chi connectivity index (χ0n) is 18.4. The van der Waals surface area contributed by atoms with Crippen LogP contribution in [0.1, 0.15) is 70.7 Å². The van der Waals surface area contributed by atoms with Gasteiger partial charge >= 0.3 is 5.97 Å². The SMILES string of the molecule is CC(C)CC(C(=O)N[C@@H](CC(=O)O)c1cccc(C(C)(C)C)c1)n1ccccc1=O. The first-order valence-corrected chi connectivity index (χ1v) is 10.3. The summed E-state index contributed by atoms with van der Waals surface area (Å²) in [7, 11) is 0. The number of benzene rings is 1. The lowest BCUT2D eigenvalue weighted by atomic mass is 9.85. The molecule has 2 atom stereocenters. The van der Waals surface area contributed by atoms with E-state index < -0.39 is 18.1 Å². The number of amides is 1. The Kier molecular flexibility index (Phi) is 7.59. The van der Waals surface area contributed by atoms with Gasteiger partial charge in [-0.05, 0) is 34.9 Å². The highest BCUT2D eigenvalue weighted by atomic mass is 16.4. The van der Waals surface area contributed by atoms with Crippen molar-refractivity contribution in [1.82, 2.24) is 9.88 Å². The maximum absolute atomic E-state index is 13.2. The number of carboxylic acids is 1. The van der Waals surface area contributed by atoms with E-state index in [4.69, 9.17) is 0 Å². The van der Waals surface area contributed by atoms with E-state index in [2.05, 4.69) is 26.1 Å². The van der Waals surface area contributed by atoms with Crippen molar-refractivity contribution in [3.05, 3.63) is 70.1 Å². The zero-order chi connectivity index (χ0) is 22.5. The predicted octanol–water partition coefficient (Wildman–Crippen LogP) is 4.07. The Morgan fingerprint density at radius 2 is 1.80 bits per heavy atom. The van der Waals surface area contributed by atoms with Crippen molar-refractivity contribution in [3.8, 4) is 0 Å². The van der Waals surface area contributed by atoms with Gasteiger partial charge in [0, 0.05) is 12.3 Å². The number of aromatic nitrogens is 1. The van der Waals surface area contributed by atoms with Crippen molar-refractivity contribution < 1.29 is 14.7 Å². The Labute approximate surface area is 177 Å². The Balaban J connectivity index is 2.39. The van der Waals surface area contributed by atoms with Crippen molar-refractivity contribution in [2.45, 2.75) is 65.0 Å². The molecule has 0 aliphatic rings. The first kappa shape index (κ1) is 23.4. The number of rotatable bonds is 8. The van der Waals surface area contributed by atoms with Gasteiger partial charge in [0.05, 0.1) is 12.5 Å². The monoisotopic (exact) mass is 412 g/mol. The second-order valence-electron chi connectivity index (χ2n) is 9.13. The van der Waals surface area contributed by atoms with E-state index in [0.717, 1.165) is 11.1 Å². The highest BCUT2D eigenvalue weighted by molar-refractivity contribution is 5.81. The van der Waals surface area contributed by atoms with Crippen molar-refractivity contribution in [1.29, 1.82) is 0 Å². The summed E-state index contributed by atoms with van der Waals surface area (Å²) in [6.45, 7) is 10.2. The molecule has 1 aromatic carbocycles. The molecule has 0 aliphatic heterocycles. The quantitative estimate of drug-likeness (QED) is 0.684. The van der Waals surface area contributed by atoms with Gasteiger partial charge < -0.3 is 15.0 Å². The lowest BCUT2D eigenvalue weighted by Gasteiger charge is -2.26. The van der Waals surface area contributed by atoms with E-state index >= 15 is 0 Å². The number of carboxylic acid groups (broad SMARTS) is 1. The Morgan fingerprint density at radius 1 is 1.10 bits per heavy atom. The van der Waals surface area contributed by atoms with E-state index in [9.17, 15) is 19.5 Å². The number of aliphatic carboxylic acids is 1. The number of hydrogen-bond donors (Lipinski definition) is 2. The molecule has 0 fully saturated rings. The lowest BCUT2D eigenvalue weighted by molar-refractivity contribution is -0.138. The van der Waals surface area contributed by atoms with Crippen molar-refractivity contribution in [2.75, 3.05) is 0 Å². The zero-order valence-corrected chi connectivity index (χ0v) is 18.4. The molecule has 6 heteroatoms. The van der Waals surface area contributed by atoms with Gasteiger partial charge in [-0.25, -0.2) is 0 Å². The van der Waals surface area contributed by atoms with Gasteiger partial charge in [-0.1, -0.05) is 65.0 Å². The summed E-state index contributed by atoms with van der Waals surface area (Å²) in [4.78, 5) is 37.1. The van der Waals surface area contributed by atoms with Gasteiger partial charge in [0.15, 0.2) is 0 Å². The van der Waals surface area contributed by atoms with E-state index in [0.29, 0.717) is 6.42 Å². The standard InChI is InChI=1S/C24H32N2O4/c1-16(2)13-20(26-12-7-6-11-21(26)27)23(30)25-19(15-22(28)29)17-9-8-10-18(14-17)24(3,4)5/h6-12,14,16,19-20H,13,15H2,1-5H3,(H,25,30)(H,28,29)/t19-,20?/m0/s1. The highest BCUT2D eigenvalue weighted by Gasteiger charge is 2.27. The van der Waals surface area contributed by atoms with Crippen LogP contribution in [-0.2, 0) is 15.0 Å². The molecule has 30 heavy (non-hydrogen) atoms. The minimum Gasteiger partial charge on any atom is -0.481 e. The van der Waals surface area contributed by atoms with Gasteiger partial charge in [-0.15, -0.1) is 0 Å². The van der Waals surface area contributed by atoms with Gasteiger partial charge in [0.2, 0.25) is 5.91 Å². The van der Waals surface area contributed by atoms with Crippen LogP contribution in [0.2, 0.25) is 0 Å². The van der Waals surface area contributed by atoms with E-state index in [1.165, 1.54) is 10.6 Å². The Bertz CT molecular complexity index is 940. The number of carbonyl (C=O) groups excluding carboxylic acids is 1. The minimum atomic E-state index is -1.00. The molecule has 2 rings (SSSR count). The second kappa shape index (κ2) is 9.74. The fourth-order valence-electron chi connectivity index (χ4n) is 3.41. The Morgan fingerprint density at radius 3 is 2.37 bits per heavy atom. The molecule has 2 N–H and O–H groups in total. The van der Waals surface area contributed by atoms with E-state index in [1.54, 1.807) is 18.3 Å². The van der Waals surface area contributed by atoms with Crippen LogP contribution in [0.25, 0.3) is 0 Å². The topological polar surface area (TPSA) is 88.4 Å². The average molecular weight is 413 g/mol. The lowest BCUT2D eigenvalue weighted by Crippen LogP contribution is -2.40. The molecule has 1 unspecified atom stereocenters. The highest BCUT2D eigenvalue weighted by Crippen LogP contribution is 2.27. The Hall–Kier alpha value is -2.89. The van der Waals surface area contributed by atoms with Crippen molar-refractivity contribution in [3.63, 3.8) is 0 Å². The van der Waals surface area contributed by atoms with Crippen molar-refractivity contribution >= 4 is 11.9 Å². The molecule has 0 aliphatic carbocycles. The number of pyridine rings is 1. The summed E-state index contributed by atoms with van der Waals surface area (Å²) in [6.07, 6.45) is 1.83. The number of nitrogens with zero attached hydrogens (tertiary/aromatic N) is 1. The summed E-state index contributed by atoms with van der Waals surface area (Å²) in [5, 5.41) is 12.3. The molecular weight excluding hydrogens is 380 g/mol. The fraction of sp³-hybridized carbons (Fsp3) is 0.458. The molecule has 2 aromatic rings.